The van der Waals surface area contributed by atoms with E-state index in [1.807, 2.05) is 7.05 Å². The van der Waals surface area contributed by atoms with Gasteiger partial charge in [-0.05, 0) is 40.3 Å². The van der Waals surface area contributed by atoms with Gasteiger partial charge in [0.15, 0.2) is 0 Å². The minimum Gasteiger partial charge on any atom is -0.372 e. The van der Waals surface area contributed by atoms with Gasteiger partial charge in [0.25, 0.3) is 0 Å². The molecule has 3 nitrogen and oxygen atoms in total. The first-order chi connectivity index (χ1) is 7.17. The van der Waals surface area contributed by atoms with Crippen molar-refractivity contribution in [2.45, 2.75) is 51.4 Å². The van der Waals surface area contributed by atoms with Gasteiger partial charge in [-0.25, -0.2) is 0 Å². The SMILES string of the molecule is CCC(C)N(C)CC1CCC(CNC)O1. The number of rotatable bonds is 6. The number of likely N-dealkylation sites (N-methyl/N-ethyl adjacent to an activating group) is 2. The molecule has 1 fully saturated rings. The molecule has 0 amide bonds. The molecule has 0 aromatic rings. The third kappa shape index (κ3) is 4.09. The van der Waals surface area contributed by atoms with Gasteiger partial charge in [-0.15, -0.1) is 0 Å². The van der Waals surface area contributed by atoms with Crippen molar-refractivity contribution in [2.75, 3.05) is 27.2 Å². The van der Waals surface area contributed by atoms with Gasteiger partial charge in [-0.3, -0.25) is 0 Å². The Hall–Kier alpha value is -0.120. The van der Waals surface area contributed by atoms with Crippen molar-refractivity contribution in [2.24, 2.45) is 0 Å². The average Bonchev–Trinajstić information content (AvgIpc) is 2.65. The average molecular weight is 214 g/mol. The first-order valence-corrected chi connectivity index (χ1v) is 6.17. The van der Waals surface area contributed by atoms with Crippen LogP contribution >= 0.6 is 0 Å². The molecule has 1 saturated heterocycles. The predicted octanol–water partition coefficient (Wildman–Crippen LogP) is 1.48. The van der Waals surface area contributed by atoms with Crippen molar-refractivity contribution < 1.29 is 4.74 Å². The largest absolute Gasteiger partial charge is 0.372 e. The van der Waals surface area contributed by atoms with Gasteiger partial charge < -0.3 is 15.0 Å². The second-order valence-corrected chi connectivity index (χ2v) is 4.71. The second-order valence-electron chi connectivity index (χ2n) is 4.71. The third-order valence-electron chi connectivity index (χ3n) is 3.46. The molecule has 0 saturated carbocycles. The number of hydrogen-bond donors (Lipinski definition) is 1. The van der Waals surface area contributed by atoms with Crippen molar-refractivity contribution in [1.82, 2.24) is 10.2 Å². The van der Waals surface area contributed by atoms with Crippen LogP contribution in [0.3, 0.4) is 0 Å². The van der Waals surface area contributed by atoms with Gasteiger partial charge in [0.2, 0.25) is 0 Å². The van der Waals surface area contributed by atoms with Crippen molar-refractivity contribution in [3.05, 3.63) is 0 Å². The zero-order chi connectivity index (χ0) is 11.3. The Morgan fingerprint density at radius 1 is 1.40 bits per heavy atom. The molecule has 3 atom stereocenters. The highest BCUT2D eigenvalue weighted by atomic mass is 16.5. The van der Waals surface area contributed by atoms with Crippen LogP contribution in [0.5, 0.6) is 0 Å². The molecule has 0 spiro atoms. The quantitative estimate of drug-likeness (QED) is 0.725. The summed E-state index contributed by atoms with van der Waals surface area (Å²) in [4.78, 5) is 2.41. The summed E-state index contributed by atoms with van der Waals surface area (Å²) in [7, 11) is 4.19. The van der Waals surface area contributed by atoms with Gasteiger partial charge in [0, 0.05) is 19.1 Å². The Labute approximate surface area is 94.2 Å². The molecular formula is C12H26N2O. The van der Waals surface area contributed by atoms with E-state index in [0.29, 0.717) is 18.2 Å². The standard InChI is InChI=1S/C12H26N2O/c1-5-10(2)14(4)9-12-7-6-11(15-12)8-13-3/h10-13H,5-9H2,1-4H3. The zero-order valence-corrected chi connectivity index (χ0v) is 10.6. The summed E-state index contributed by atoms with van der Waals surface area (Å²) >= 11 is 0. The maximum atomic E-state index is 5.96. The molecule has 1 rings (SSSR count). The van der Waals surface area contributed by atoms with Crippen molar-refractivity contribution in [3.8, 4) is 0 Å². The zero-order valence-electron chi connectivity index (χ0n) is 10.6. The predicted molar refractivity (Wildman–Crippen MR) is 64.2 cm³/mol. The highest BCUT2D eigenvalue weighted by molar-refractivity contribution is 4.78. The van der Waals surface area contributed by atoms with Crippen LogP contribution in [0, 0.1) is 0 Å². The summed E-state index contributed by atoms with van der Waals surface area (Å²) in [6.07, 6.45) is 4.52. The fourth-order valence-corrected chi connectivity index (χ4v) is 2.11. The lowest BCUT2D eigenvalue weighted by Gasteiger charge is -2.26. The van der Waals surface area contributed by atoms with Crippen molar-refractivity contribution in [1.29, 1.82) is 0 Å². The molecule has 15 heavy (non-hydrogen) atoms. The van der Waals surface area contributed by atoms with E-state index < -0.39 is 0 Å². The minimum atomic E-state index is 0.435. The number of ether oxygens (including phenoxy) is 1. The van der Waals surface area contributed by atoms with Gasteiger partial charge in [0.05, 0.1) is 12.2 Å². The molecule has 0 radical (unpaired) electrons. The highest BCUT2D eigenvalue weighted by Gasteiger charge is 2.26. The molecule has 0 aromatic heterocycles. The summed E-state index contributed by atoms with van der Waals surface area (Å²) in [6, 6.07) is 0.664. The van der Waals surface area contributed by atoms with Crippen LogP contribution in [0.4, 0.5) is 0 Å². The molecular weight excluding hydrogens is 188 g/mol. The van der Waals surface area contributed by atoms with Crippen LogP contribution in [0.2, 0.25) is 0 Å². The molecule has 0 aliphatic carbocycles. The van der Waals surface area contributed by atoms with Crippen molar-refractivity contribution >= 4 is 0 Å². The molecule has 1 aliphatic rings. The molecule has 1 N–H and O–H groups in total. The summed E-state index contributed by atoms with van der Waals surface area (Å²) in [5.41, 5.74) is 0. The van der Waals surface area contributed by atoms with E-state index in [1.54, 1.807) is 0 Å². The van der Waals surface area contributed by atoms with Crippen LogP contribution in [0.1, 0.15) is 33.1 Å². The Balaban J connectivity index is 2.23. The van der Waals surface area contributed by atoms with Gasteiger partial charge in [0.1, 0.15) is 0 Å². The lowest BCUT2D eigenvalue weighted by molar-refractivity contribution is 0.0224. The normalized spacial score (nSPS) is 28.6. The van der Waals surface area contributed by atoms with E-state index in [4.69, 9.17) is 4.74 Å². The minimum absolute atomic E-state index is 0.435. The molecule has 0 aromatic carbocycles. The molecule has 90 valence electrons. The molecule has 0 bridgehead atoms. The summed E-state index contributed by atoms with van der Waals surface area (Å²) in [6.45, 7) is 6.58. The van der Waals surface area contributed by atoms with E-state index in [-0.39, 0.29) is 0 Å². The summed E-state index contributed by atoms with van der Waals surface area (Å²) in [5.74, 6) is 0. The number of nitrogens with one attached hydrogen (secondary N) is 1. The van der Waals surface area contributed by atoms with Crippen LogP contribution in [-0.2, 0) is 4.74 Å². The maximum Gasteiger partial charge on any atom is 0.0707 e. The van der Waals surface area contributed by atoms with E-state index in [9.17, 15) is 0 Å². The summed E-state index contributed by atoms with van der Waals surface area (Å²) < 4.78 is 5.96. The van der Waals surface area contributed by atoms with Crippen LogP contribution < -0.4 is 5.32 Å². The van der Waals surface area contributed by atoms with E-state index in [2.05, 4.69) is 31.1 Å². The number of nitrogens with zero attached hydrogens (tertiary/aromatic N) is 1. The first kappa shape index (κ1) is 12.9. The lowest BCUT2D eigenvalue weighted by atomic mass is 10.1. The third-order valence-corrected chi connectivity index (χ3v) is 3.46. The smallest absolute Gasteiger partial charge is 0.0707 e. The van der Waals surface area contributed by atoms with E-state index in [1.165, 1.54) is 19.3 Å². The molecule has 1 aliphatic heterocycles. The molecule has 3 heteroatoms. The number of hydrogen-bond acceptors (Lipinski definition) is 3. The first-order valence-electron chi connectivity index (χ1n) is 6.17. The van der Waals surface area contributed by atoms with Gasteiger partial charge in [-0.2, -0.15) is 0 Å². The molecule has 3 unspecified atom stereocenters. The van der Waals surface area contributed by atoms with E-state index in [0.717, 1.165) is 13.1 Å². The Morgan fingerprint density at radius 3 is 2.67 bits per heavy atom. The summed E-state index contributed by atoms with van der Waals surface area (Å²) in [5, 5.41) is 3.18. The Bertz CT molecular complexity index is 175. The lowest BCUT2D eigenvalue weighted by Crippen LogP contribution is -2.36. The van der Waals surface area contributed by atoms with Gasteiger partial charge in [-0.1, -0.05) is 6.92 Å². The monoisotopic (exact) mass is 214 g/mol. The van der Waals surface area contributed by atoms with E-state index >= 15 is 0 Å². The van der Waals surface area contributed by atoms with Crippen molar-refractivity contribution in [3.63, 3.8) is 0 Å². The van der Waals surface area contributed by atoms with Crippen LogP contribution in [0.15, 0.2) is 0 Å². The fourth-order valence-electron chi connectivity index (χ4n) is 2.11. The highest BCUT2D eigenvalue weighted by Crippen LogP contribution is 2.20. The van der Waals surface area contributed by atoms with Gasteiger partial charge >= 0.3 is 0 Å². The van der Waals surface area contributed by atoms with Crippen LogP contribution in [0.25, 0.3) is 0 Å². The second kappa shape index (κ2) is 6.46. The van der Waals surface area contributed by atoms with Crippen LogP contribution in [-0.4, -0.2) is 50.3 Å². The maximum absolute atomic E-state index is 5.96. The molecule has 1 heterocycles. The fraction of sp³-hybridized carbons (Fsp3) is 1.00. The topological polar surface area (TPSA) is 24.5 Å². The Kier molecular flexibility index (Phi) is 5.58. The Morgan fingerprint density at radius 2 is 2.07 bits per heavy atom.